The van der Waals surface area contributed by atoms with E-state index in [-0.39, 0.29) is 0 Å². The molecule has 0 aliphatic heterocycles. The first-order valence-electron chi connectivity index (χ1n) is 5.54. The summed E-state index contributed by atoms with van der Waals surface area (Å²) in [5.74, 6) is 0.991. The highest BCUT2D eigenvalue weighted by molar-refractivity contribution is 9.09. The van der Waals surface area contributed by atoms with Crippen molar-refractivity contribution in [3.8, 4) is 0 Å². The average molecular weight is 253 g/mol. The van der Waals surface area contributed by atoms with Gasteiger partial charge in [-0.25, -0.2) is 0 Å². The van der Waals surface area contributed by atoms with Crippen LogP contribution in [0.3, 0.4) is 0 Å². The minimum Gasteiger partial charge on any atom is -0.0888 e. The molecule has 1 atom stereocenters. The molecule has 0 heterocycles. The predicted octanol–water partition coefficient (Wildman–Crippen LogP) is 4.18. The summed E-state index contributed by atoms with van der Waals surface area (Å²) >= 11 is 3.78. The third kappa shape index (κ3) is 3.13. The van der Waals surface area contributed by atoms with Crippen molar-refractivity contribution in [1.29, 1.82) is 0 Å². The standard InChI is InChI=1S/C13H17Br/c14-13(12-9-10-12)8-4-7-11-5-2-1-3-6-11/h1-3,5-6,12-13H,4,7-10H2. The van der Waals surface area contributed by atoms with Crippen LogP contribution in [0.25, 0.3) is 0 Å². The van der Waals surface area contributed by atoms with Crippen LogP contribution in [0.5, 0.6) is 0 Å². The number of rotatable bonds is 5. The van der Waals surface area contributed by atoms with Crippen molar-refractivity contribution in [2.45, 2.75) is 36.9 Å². The highest BCUT2D eigenvalue weighted by atomic mass is 79.9. The Labute approximate surface area is 94.8 Å². The first-order chi connectivity index (χ1) is 6.86. The van der Waals surface area contributed by atoms with Crippen molar-refractivity contribution in [3.05, 3.63) is 35.9 Å². The quantitative estimate of drug-likeness (QED) is 0.690. The van der Waals surface area contributed by atoms with Crippen molar-refractivity contribution in [3.63, 3.8) is 0 Å². The smallest absolute Gasteiger partial charge is 0.0174 e. The highest BCUT2D eigenvalue weighted by Gasteiger charge is 2.28. The number of halogens is 1. The van der Waals surface area contributed by atoms with E-state index in [1.165, 1.54) is 37.7 Å². The molecule has 1 aliphatic rings. The van der Waals surface area contributed by atoms with E-state index in [4.69, 9.17) is 0 Å². The minimum atomic E-state index is 0.784. The molecule has 0 nitrogen and oxygen atoms in total. The Kier molecular flexibility index (Phi) is 3.63. The number of benzene rings is 1. The van der Waals surface area contributed by atoms with Gasteiger partial charge in [0.25, 0.3) is 0 Å². The van der Waals surface area contributed by atoms with Gasteiger partial charge in [0, 0.05) is 4.83 Å². The van der Waals surface area contributed by atoms with Crippen LogP contribution in [0.2, 0.25) is 0 Å². The van der Waals surface area contributed by atoms with Crippen molar-refractivity contribution < 1.29 is 0 Å². The fourth-order valence-electron chi connectivity index (χ4n) is 1.84. The monoisotopic (exact) mass is 252 g/mol. The molecule has 0 spiro atoms. The third-order valence-electron chi connectivity index (χ3n) is 2.92. The van der Waals surface area contributed by atoms with E-state index >= 15 is 0 Å². The predicted molar refractivity (Wildman–Crippen MR) is 64.8 cm³/mol. The molecule has 1 aromatic rings. The maximum atomic E-state index is 3.78. The third-order valence-corrected chi connectivity index (χ3v) is 4.13. The molecule has 0 amide bonds. The molecule has 2 rings (SSSR count). The normalized spacial score (nSPS) is 18.1. The molecule has 1 fully saturated rings. The van der Waals surface area contributed by atoms with Gasteiger partial charge in [-0.1, -0.05) is 46.3 Å². The minimum absolute atomic E-state index is 0.784. The Balaban J connectivity index is 1.67. The second-order valence-electron chi connectivity index (χ2n) is 4.23. The maximum Gasteiger partial charge on any atom is 0.0174 e. The second-order valence-corrected chi connectivity index (χ2v) is 5.41. The second kappa shape index (κ2) is 4.97. The molecule has 0 N–H and O–H groups in total. The lowest BCUT2D eigenvalue weighted by atomic mass is 10.1. The lowest BCUT2D eigenvalue weighted by Crippen LogP contribution is -2.00. The summed E-state index contributed by atoms with van der Waals surface area (Å²) in [6, 6.07) is 10.8. The molecule has 1 aliphatic carbocycles. The van der Waals surface area contributed by atoms with Gasteiger partial charge >= 0.3 is 0 Å². The van der Waals surface area contributed by atoms with E-state index < -0.39 is 0 Å². The summed E-state index contributed by atoms with van der Waals surface area (Å²) < 4.78 is 0. The Morgan fingerprint density at radius 2 is 1.93 bits per heavy atom. The molecular formula is C13H17Br. The molecule has 14 heavy (non-hydrogen) atoms. The van der Waals surface area contributed by atoms with E-state index in [9.17, 15) is 0 Å². The zero-order valence-corrected chi connectivity index (χ0v) is 10.0. The molecule has 1 heteroatoms. The van der Waals surface area contributed by atoms with Gasteiger partial charge in [-0.05, 0) is 43.6 Å². The number of alkyl halides is 1. The van der Waals surface area contributed by atoms with Crippen LogP contribution < -0.4 is 0 Å². The van der Waals surface area contributed by atoms with Gasteiger partial charge in [-0.15, -0.1) is 0 Å². The van der Waals surface area contributed by atoms with Crippen LogP contribution in [0.4, 0.5) is 0 Å². The van der Waals surface area contributed by atoms with Gasteiger partial charge < -0.3 is 0 Å². The lowest BCUT2D eigenvalue weighted by Gasteiger charge is -2.07. The molecule has 0 aromatic heterocycles. The van der Waals surface area contributed by atoms with Crippen LogP contribution >= 0.6 is 15.9 Å². The van der Waals surface area contributed by atoms with Crippen LogP contribution in [0.15, 0.2) is 30.3 Å². The van der Waals surface area contributed by atoms with Crippen molar-refractivity contribution >= 4 is 15.9 Å². The van der Waals surface area contributed by atoms with E-state index in [0.717, 1.165) is 10.7 Å². The van der Waals surface area contributed by atoms with E-state index in [1.54, 1.807) is 0 Å². The Morgan fingerprint density at radius 3 is 2.57 bits per heavy atom. The summed E-state index contributed by atoms with van der Waals surface area (Å²) in [6.07, 6.45) is 6.77. The Hall–Kier alpha value is -0.300. The fraction of sp³-hybridized carbons (Fsp3) is 0.538. The van der Waals surface area contributed by atoms with Crippen LogP contribution in [-0.4, -0.2) is 4.83 Å². The van der Waals surface area contributed by atoms with Gasteiger partial charge in [0.2, 0.25) is 0 Å². The van der Waals surface area contributed by atoms with Crippen LogP contribution in [0.1, 0.15) is 31.2 Å². The molecule has 76 valence electrons. The van der Waals surface area contributed by atoms with Crippen LogP contribution in [0, 0.1) is 5.92 Å². The van der Waals surface area contributed by atoms with Gasteiger partial charge in [-0.3, -0.25) is 0 Å². The van der Waals surface area contributed by atoms with Gasteiger partial charge in [0.15, 0.2) is 0 Å². The molecule has 0 radical (unpaired) electrons. The Morgan fingerprint density at radius 1 is 1.21 bits per heavy atom. The summed E-state index contributed by atoms with van der Waals surface area (Å²) in [5, 5.41) is 0. The molecule has 1 aromatic carbocycles. The summed E-state index contributed by atoms with van der Waals surface area (Å²) in [5.41, 5.74) is 1.47. The maximum absolute atomic E-state index is 3.78. The van der Waals surface area contributed by atoms with Crippen molar-refractivity contribution in [1.82, 2.24) is 0 Å². The topological polar surface area (TPSA) is 0 Å². The van der Waals surface area contributed by atoms with Gasteiger partial charge in [-0.2, -0.15) is 0 Å². The van der Waals surface area contributed by atoms with Crippen molar-refractivity contribution in [2.75, 3.05) is 0 Å². The zero-order valence-electron chi connectivity index (χ0n) is 8.45. The van der Waals surface area contributed by atoms with E-state index in [0.29, 0.717) is 0 Å². The summed E-state index contributed by atoms with van der Waals surface area (Å²) in [4.78, 5) is 0.784. The van der Waals surface area contributed by atoms with Gasteiger partial charge in [0.05, 0.1) is 0 Å². The largest absolute Gasteiger partial charge is 0.0888 e. The first-order valence-corrected chi connectivity index (χ1v) is 6.46. The molecule has 1 saturated carbocycles. The summed E-state index contributed by atoms with van der Waals surface area (Å²) in [6.45, 7) is 0. The van der Waals surface area contributed by atoms with E-state index in [1.807, 2.05) is 0 Å². The van der Waals surface area contributed by atoms with Crippen LogP contribution in [-0.2, 0) is 6.42 Å². The molecular weight excluding hydrogens is 236 g/mol. The average Bonchev–Trinajstić information content (AvgIpc) is 3.02. The first kappa shape index (κ1) is 10.2. The zero-order chi connectivity index (χ0) is 9.80. The molecule has 1 unspecified atom stereocenters. The number of aryl methyl sites for hydroxylation is 1. The summed E-state index contributed by atoms with van der Waals surface area (Å²) in [7, 11) is 0. The van der Waals surface area contributed by atoms with E-state index in [2.05, 4.69) is 46.3 Å². The highest BCUT2D eigenvalue weighted by Crippen LogP contribution is 2.38. The lowest BCUT2D eigenvalue weighted by molar-refractivity contribution is 0.654. The fourth-order valence-corrected chi connectivity index (χ4v) is 2.69. The Bertz CT molecular complexity index is 264. The van der Waals surface area contributed by atoms with Gasteiger partial charge in [0.1, 0.15) is 0 Å². The molecule has 0 bridgehead atoms. The molecule has 0 saturated heterocycles. The van der Waals surface area contributed by atoms with Crippen molar-refractivity contribution in [2.24, 2.45) is 5.92 Å². The number of hydrogen-bond acceptors (Lipinski definition) is 0. The SMILES string of the molecule is BrC(CCCc1ccccc1)C1CC1. The number of hydrogen-bond donors (Lipinski definition) is 0.